The molecule has 7 rings (SSSR count). The number of nitrogens with zero attached hydrogens (tertiary/aromatic N) is 3. The number of hydrogen-bond acceptors (Lipinski definition) is 7. The van der Waals surface area contributed by atoms with E-state index in [9.17, 15) is 32.7 Å². The number of aliphatic hydroxyl groups is 1. The van der Waals surface area contributed by atoms with Crippen LogP contribution in [0.3, 0.4) is 0 Å². The number of H-pyrrole nitrogens is 1. The van der Waals surface area contributed by atoms with Gasteiger partial charge in [-0.05, 0) is 61.1 Å². The molecular formula is C38H42F3N5O6. The first-order valence-corrected chi connectivity index (χ1v) is 17.7. The lowest BCUT2D eigenvalue weighted by Gasteiger charge is -2.44. The molecule has 11 nitrogen and oxygen atoms in total. The molecule has 14 heteroatoms. The van der Waals surface area contributed by atoms with Gasteiger partial charge in [0, 0.05) is 49.4 Å². The van der Waals surface area contributed by atoms with Crippen molar-refractivity contribution in [3.05, 3.63) is 100.0 Å². The van der Waals surface area contributed by atoms with Crippen LogP contribution in [0.15, 0.2) is 77.6 Å². The number of fused-ring (bicyclic) bond motifs is 1. The average molecular weight is 722 g/mol. The number of aromatic amines is 1. The zero-order valence-corrected chi connectivity index (χ0v) is 28.7. The topological polar surface area (TPSA) is 129 Å². The molecule has 5 atom stereocenters. The summed E-state index contributed by atoms with van der Waals surface area (Å²) in [5.41, 5.74) is 4.44. The molecule has 3 N–H and O–H groups in total. The Morgan fingerprint density at radius 2 is 1.62 bits per heavy atom. The predicted molar refractivity (Wildman–Crippen MR) is 186 cm³/mol. The summed E-state index contributed by atoms with van der Waals surface area (Å²) in [4.78, 5) is 43.6. The molecule has 0 aliphatic carbocycles. The van der Waals surface area contributed by atoms with Gasteiger partial charge < -0.3 is 34.7 Å². The molecule has 52 heavy (non-hydrogen) atoms. The van der Waals surface area contributed by atoms with Crippen molar-refractivity contribution in [2.45, 2.75) is 76.0 Å². The van der Waals surface area contributed by atoms with Crippen molar-refractivity contribution in [1.82, 2.24) is 19.4 Å². The molecule has 3 aliphatic rings. The lowest BCUT2D eigenvalue weighted by Crippen LogP contribution is -2.48. The van der Waals surface area contributed by atoms with Gasteiger partial charge in [-0.1, -0.05) is 55.5 Å². The maximum absolute atomic E-state index is 13.1. The van der Waals surface area contributed by atoms with Crippen LogP contribution in [-0.2, 0) is 25.7 Å². The van der Waals surface area contributed by atoms with Crippen LogP contribution in [0.4, 0.5) is 18.9 Å². The van der Waals surface area contributed by atoms with E-state index in [2.05, 4.69) is 22.1 Å². The highest BCUT2D eigenvalue weighted by atomic mass is 19.4. The van der Waals surface area contributed by atoms with Crippen LogP contribution >= 0.6 is 0 Å². The number of para-hydroxylation sites is 2. The number of aromatic nitrogens is 2. The van der Waals surface area contributed by atoms with Gasteiger partial charge in [0.1, 0.15) is 6.04 Å². The first-order chi connectivity index (χ1) is 25.0. The Morgan fingerprint density at radius 1 is 0.923 bits per heavy atom. The van der Waals surface area contributed by atoms with Gasteiger partial charge in [0.15, 0.2) is 6.29 Å². The summed E-state index contributed by atoms with van der Waals surface area (Å²) in [6.45, 7) is 4.11. The monoisotopic (exact) mass is 721 g/mol. The van der Waals surface area contributed by atoms with E-state index in [0.717, 1.165) is 48.1 Å². The van der Waals surface area contributed by atoms with E-state index >= 15 is 0 Å². The Bertz CT molecular complexity index is 1940. The van der Waals surface area contributed by atoms with Crippen LogP contribution in [0, 0.1) is 5.92 Å². The third-order valence-corrected chi connectivity index (χ3v) is 10.6. The van der Waals surface area contributed by atoms with Gasteiger partial charge >= 0.3 is 17.8 Å². The van der Waals surface area contributed by atoms with Crippen LogP contribution in [0.5, 0.6) is 0 Å². The van der Waals surface area contributed by atoms with Crippen molar-refractivity contribution >= 4 is 28.5 Å². The highest BCUT2D eigenvalue weighted by molar-refractivity contribution is 5.98. The molecule has 0 saturated carbocycles. The number of alkyl halides is 3. The summed E-state index contributed by atoms with van der Waals surface area (Å²) in [6, 6.07) is 21.0. The second-order valence-corrected chi connectivity index (χ2v) is 13.9. The fraction of sp³-hybridized carbons (Fsp3) is 0.447. The molecule has 2 amide bonds. The molecule has 3 saturated heterocycles. The lowest BCUT2D eigenvalue weighted by molar-refractivity contribution is -0.276. The Hall–Kier alpha value is -4.50. The average Bonchev–Trinajstić information content (AvgIpc) is 3.77. The Balaban J connectivity index is 1.05. The molecule has 3 aromatic carbocycles. The van der Waals surface area contributed by atoms with Crippen molar-refractivity contribution in [1.29, 1.82) is 0 Å². The van der Waals surface area contributed by atoms with Gasteiger partial charge in [0.2, 0.25) is 5.91 Å². The predicted octanol–water partition coefficient (Wildman–Crippen LogP) is 5.44. The van der Waals surface area contributed by atoms with Crippen molar-refractivity contribution in [3.63, 3.8) is 0 Å². The maximum atomic E-state index is 13.1. The number of carbonyl (C=O) groups excluding carboxylic acids is 2. The van der Waals surface area contributed by atoms with E-state index in [-0.39, 0.29) is 49.4 Å². The molecule has 276 valence electrons. The van der Waals surface area contributed by atoms with Crippen LogP contribution in [0.2, 0.25) is 0 Å². The smallest absolute Gasteiger partial charge is 0.392 e. The molecule has 3 aliphatic heterocycles. The van der Waals surface area contributed by atoms with E-state index in [1.54, 1.807) is 24.3 Å². The fourth-order valence-electron chi connectivity index (χ4n) is 7.77. The number of piperidine rings is 1. The number of anilines is 1. The number of carbonyl (C=O) groups is 2. The first-order valence-electron chi connectivity index (χ1n) is 17.7. The zero-order chi connectivity index (χ0) is 36.6. The van der Waals surface area contributed by atoms with Crippen LogP contribution in [0.1, 0.15) is 67.7 Å². The van der Waals surface area contributed by atoms with Crippen molar-refractivity contribution in [2.24, 2.45) is 5.92 Å². The van der Waals surface area contributed by atoms with Crippen LogP contribution < -0.4 is 11.0 Å². The van der Waals surface area contributed by atoms with E-state index in [1.807, 2.05) is 53.1 Å². The van der Waals surface area contributed by atoms with Gasteiger partial charge in [-0.25, -0.2) is 4.79 Å². The zero-order valence-electron chi connectivity index (χ0n) is 28.7. The molecule has 0 spiro atoms. The number of likely N-dealkylation sites (tertiary alicyclic amines) is 2. The van der Waals surface area contributed by atoms with Crippen LogP contribution in [-0.4, -0.2) is 80.8 Å². The summed E-state index contributed by atoms with van der Waals surface area (Å²) in [6.07, 6.45) is -4.30. The number of halogens is 3. The molecule has 4 aromatic rings. The normalized spacial score (nSPS) is 24.7. The Morgan fingerprint density at radius 3 is 2.31 bits per heavy atom. The number of aliphatic hydroxyl groups excluding tert-OH is 1. The number of imidazole rings is 1. The molecule has 0 radical (unpaired) electrons. The molecular weight excluding hydrogens is 679 g/mol. The molecule has 0 bridgehead atoms. The van der Waals surface area contributed by atoms with Gasteiger partial charge in [0.05, 0.1) is 29.8 Å². The minimum absolute atomic E-state index is 0.0440. The van der Waals surface area contributed by atoms with E-state index in [4.69, 9.17) is 9.47 Å². The summed E-state index contributed by atoms with van der Waals surface area (Å²) in [5.74, 6) is -2.73. The number of ether oxygens (including phenoxy) is 2. The van der Waals surface area contributed by atoms with E-state index in [0.29, 0.717) is 29.1 Å². The molecule has 0 unspecified atom stereocenters. The number of hydrogen-bond donors (Lipinski definition) is 3. The Labute approximate surface area is 298 Å². The number of benzene rings is 3. The van der Waals surface area contributed by atoms with Crippen molar-refractivity contribution < 1.29 is 37.3 Å². The Kier molecular flexibility index (Phi) is 10.3. The van der Waals surface area contributed by atoms with Gasteiger partial charge in [-0.3, -0.25) is 14.2 Å². The lowest BCUT2D eigenvalue weighted by atomic mass is 9.89. The van der Waals surface area contributed by atoms with E-state index in [1.165, 1.54) is 0 Å². The highest BCUT2D eigenvalue weighted by Crippen LogP contribution is 2.42. The van der Waals surface area contributed by atoms with Crippen molar-refractivity contribution in [3.8, 4) is 0 Å². The van der Waals surface area contributed by atoms with Crippen LogP contribution in [0.25, 0.3) is 11.0 Å². The summed E-state index contributed by atoms with van der Waals surface area (Å²) in [7, 11) is 0. The fourth-order valence-corrected chi connectivity index (χ4v) is 7.77. The summed E-state index contributed by atoms with van der Waals surface area (Å²) in [5, 5.41) is 12.3. The quantitative estimate of drug-likeness (QED) is 0.221. The minimum Gasteiger partial charge on any atom is -0.392 e. The number of rotatable bonds is 8. The summed E-state index contributed by atoms with van der Waals surface area (Å²) < 4.78 is 54.4. The SMILES string of the molecule is C[C@H]1[C@@H](CN2CCC(n3c(=O)[nH]c4ccccc43)CC2)O[C@@H](c2ccc(NC(=O)[C@@H]3CCCN3C(=O)C(F)(F)F)cc2)O[C@H]1c1ccc(CO)cc1. The highest BCUT2D eigenvalue weighted by Gasteiger charge is 2.48. The van der Waals surface area contributed by atoms with Gasteiger partial charge in [-0.2, -0.15) is 13.2 Å². The molecule has 3 fully saturated rings. The minimum atomic E-state index is -5.05. The van der Waals surface area contributed by atoms with Gasteiger partial charge in [-0.15, -0.1) is 0 Å². The standard InChI is InChI=1S/C38H42F3N5O6/c1-23-32(21-44-19-16-28(17-20-44)46-30-6-3-2-5-29(30)43-37(46)50)51-35(52-33(23)25-10-8-24(22-47)9-11-25)26-12-14-27(15-13-26)42-34(48)31-7-4-18-45(31)36(49)38(39,40)41/h2-3,5-6,8-15,23,28,31-33,35,47H,4,7,16-22H2,1H3,(H,42,48)(H,43,50)/t23-,31-,32+,33+,35+/m0/s1. The molecule has 1 aromatic heterocycles. The second-order valence-electron chi connectivity index (χ2n) is 13.9. The maximum Gasteiger partial charge on any atom is 0.471 e. The second kappa shape index (κ2) is 14.9. The number of amides is 2. The third kappa shape index (κ3) is 7.38. The van der Waals surface area contributed by atoms with Gasteiger partial charge in [0.25, 0.3) is 0 Å². The summed E-state index contributed by atoms with van der Waals surface area (Å²) >= 11 is 0. The number of nitrogens with one attached hydrogen (secondary N) is 2. The van der Waals surface area contributed by atoms with E-state index < -0.39 is 30.3 Å². The largest absolute Gasteiger partial charge is 0.471 e. The van der Waals surface area contributed by atoms with Crippen molar-refractivity contribution in [2.75, 3.05) is 31.5 Å². The first kappa shape index (κ1) is 35.9. The molecule has 4 heterocycles. The third-order valence-electron chi connectivity index (χ3n) is 10.6.